The molecule has 0 aromatic heterocycles. The number of hydrogen-bond donors (Lipinski definition) is 0. The van der Waals surface area contributed by atoms with Gasteiger partial charge in [0.05, 0.1) is 0 Å². The van der Waals surface area contributed by atoms with E-state index in [1.54, 1.807) is 0 Å². The van der Waals surface area contributed by atoms with Gasteiger partial charge in [-0.2, -0.15) is 0 Å². The van der Waals surface area contributed by atoms with Gasteiger partial charge in [0.1, 0.15) is 11.9 Å². The standard InChI is InChI=1S/C31H40.C22H22.C18H20O.C11H16.C9H12.4C2H6/c1-18-11-28(12-19(2)25(18)8)24(7)17-31(29-13-20(3)26(9)21(4)14-29)30-15-22(5)27(10)23(6)16-30;1-18(19-11-5-2-6-12-19)17-22(20-13-7-3-8-14-20)21-15-9-4-10-16-21;1-12-5-8-16(14(3)10-12)17-9-7-15-6-4-13(2)11-18(15)19-17;1-4-10(3)11-7-5-9(2)6-8-11;1-3-9-6-4-5-8(2)7-9;4*1-2/h11-16,24,31H,17H2,1-10H3;2-16,18,22H,17H2,1H3;4-6,8,10-11,17H,7,9H2,1-3H3;5-8,10H,4H2,1-3H3;4-7H,3H2,1-2H3;4*1-2H3. The summed E-state index contributed by atoms with van der Waals surface area (Å²) in [5.41, 5.74) is 33.4. The van der Waals surface area contributed by atoms with Crippen LogP contribution < -0.4 is 4.74 Å². The predicted molar refractivity (Wildman–Crippen MR) is 446 cm³/mol. The first-order chi connectivity index (χ1) is 48.0. The Kier molecular flexibility index (Phi) is 39.4. The highest BCUT2D eigenvalue weighted by molar-refractivity contribution is 5.47. The number of ether oxygens (including phenoxy) is 1. The van der Waals surface area contributed by atoms with Crippen LogP contribution in [-0.4, -0.2) is 0 Å². The van der Waals surface area contributed by atoms with Crippen LogP contribution in [0.25, 0.3) is 0 Å². The van der Waals surface area contributed by atoms with Gasteiger partial charge in [0.25, 0.3) is 0 Å². The van der Waals surface area contributed by atoms with Crippen molar-refractivity contribution in [2.24, 2.45) is 0 Å². The maximum absolute atomic E-state index is 6.22. The molecule has 11 rings (SSSR count). The van der Waals surface area contributed by atoms with Crippen LogP contribution in [0.4, 0.5) is 0 Å². The van der Waals surface area contributed by atoms with Gasteiger partial charge in [0, 0.05) is 11.8 Å². The van der Waals surface area contributed by atoms with Crippen molar-refractivity contribution in [2.75, 3.05) is 0 Å². The van der Waals surface area contributed by atoms with Crippen LogP contribution in [-0.2, 0) is 12.8 Å². The number of fused-ring (bicyclic) bond motifs is 1. The molecule has 1 aliphatic rings. The quantitative estimate of drug-likeness (QED) is 0.105. The summed E-state index contributed by atoms with van der Waals surface area (Å²) >= 11 is 0. The SMILES string of the molecule is CC.CC.CC.CC.CC(CC(c1ccccc1)c1ccccc1)c1ccccc1.CCC(C)c1ccc(C)cc1.CCc1cccc(C)c1.Cc1cc(C(C)CC(c2cc(C)c(C)c(C)c2)c2cc(C)c(C)c(C)c2)cc(C)c1C.Cc1ccc(C2CCc3ccc(C)cc3O2)c(C)c1. The van der Waals surface area contributed by atoms with Gasteiger partial charge in [-0.1, -0.05) is 313 Å². The van der Waals surface area contributed by atoms with Crippen molar-refractivity contribution in [1.82, 2.24) is 0 Å². The van der Waals surface area contributed by atoms with Crippen molar-refractivity contribution in [3.8, 4) is 5.75 Å². The fraction of sp³-hybridized carbons (Fsp3) is 0.394. The Morgan fingerprint density at radius 2 is 0.690 bits per heavy atom. The zero-order valence-corrected chi connectivity index (χ0v) is 67.8. The van der Waals surface area contributed by atoms with Gasteiger partial charge in [-0.05, 0) is 276 Å². The van der Waals surface area contributed by atoms with Gasteiger partial charge >= 0.3 is 0 Å². The average molecular weight is 1340 g/mol. The van der Waals surface area contributed by atoms with E-state index in [-0.39, 0.29) is 6.10 Å². The Labute approximate surface area is 613 Å². The van der Waals surface area contributed by atoms with Crippen LogP contribution in [0, 0.1) is 96.9 Å². The van der Waals surface area contributed by atoms with Crippen molar-refractivity contribution >= 4 is 0 Å². The lowest BCUT2D eigenvalue weighted by atomic mass is 9.79. The van der Waals surface area contributed by atoms with E-state index >= 15 is 0 Å². The predicted octanol–water partition coefficient (Wildman–Crippen LogP) is 29.6. The van der Waals surface area contributed by atoms with E-state index in [2.05, 4.69) is 344 Å². The lowest BCUT2D eigenvalue weighted by molar-refractivity contribution is 0.176. The molecule has 0 bridgehead atoms. The van der Waals surface area contributed by atoms with Crippen LogP contribution in [0.3, 0.4) is 0 Å². The first kappa shape index (κ1) is 86.2. The molecule has 1 heteroatoms. The second-order valence-electron chi connectivity index (χ2n) is 27.1. The van der Waals surface area contributed by atoms with E-state index in [9.17, 15) is 0 Å². The molecule has 0 amide bonds. The minimum Gasteiger partial charge on any atom is -0.485 e. The van der Waals surface area contributed by atoms with Crippen molar-refractivity contribution in [3.63, 3.8) is 0 Å². The normalized spacial score (nSPS) is 12.5. The summed E-state index contributed by atoms with van der Waals surface area (Å²) in [5, 5.41) is 0. The van der Waals surface area contributed by atoms with E-state index in [1.165, 1.54) is 140 Å². The monoisotopic (exact) mass is 1340 g/mol. The fourth-order valence-corrected chi connectivity index (χ4v) is 12.9. The van der Waals surface area contributed by atoms with E-state index < -0.39 is 0 Å². The molecule has 0 aliphatic carbocycles. The summed E-state index contributed by atoms with van der Waals surface area (Å²) < 4.78 is 6.22. The van der Waals surface area contributed by atoms with Gasteiger partial charge in [-0.25, -0.2) is 0 Å². The largest absolute Gasteiger partial charge is 0.485 e. The summed E-state index contributed by atoms with van der Waals surface area (Å²) in [4.78, 5) is 0. The highest BCUT2D eigenvalue weighted by atomic mass is 16.5. The van der Waals surface area contributed by atoms with Gasteiger partial charge in [0.2, 0.25) is 0 Å². The minimum atomic E-state index is 0.204. The minimum absolute atomic E-state index is 0.204. The van der Waals surface area contributed by atoms with Crippen molar-refractivity contribution in [2.45, 2.75) is 261 Å². The van der Waals surface area contributed by atoms with Crippen LogP contribution in [0.2, 0.25) is 0 Å². The summed E-state index contributed by atoms with van der Waals surface area (Å²) in [7, 11) is 0. The van der Waals surface area contributed by atoms with Crippen LogP contribution in [0.1, 0.15) is 285 Å². The second kappa shape index (κ2) is 45.7. The Hall–Kier alpha value is -8.00. The highest BCUT2D eigenvalue weighted by Crippen LogP contribution is 2.40. The topological polar surface area (TPSA) is 9.23 Å². The van der Waals surface area contributed by atoms with Crippen LogP contribution in [0.15, 0.2) is 212 Å². The summed E-state index contributed by atoms with van der Waals surface area (Å²) in [6.07, 6.45) is 6.98. The van der Waals surface area contributed by atoms with Crippen molar-refractivity contribution in [3.05, 3.63) is 346 Å². The first-order valence-electron chi connectivity index (χ1n) is 38.4. The van der Waals surface area contributed by atoms with E-state index in [0.717, 1.165) is 37.9 Å². The number of benzene rings is 10. The zero-order valence-electron chi connectivity index (χ0n) is 67.8. The zero-order chi connectivity index (χ0) is 74.6. The smallest absolute Gasteiger partial charge is 0.124 e. The van der Waals surface area contributed by atoms with Crippen LogP contribution >= 0.6 is 0 Å². The molecule has 0 N–H and O–H groups in total. The molecule has 4 atom stereocenters. The Balaban J connectivity index is 0.000000334. The van der Waals surface area contributed by atoms with Crippen molar-refractivity contribution in [1.29, 1.82) is 0 Å². The Morgan fingerprint density at radius 3 is 1.10 bits per heavy atom. The molecule has 10 aromatic rings. The third kappa shape index (κ3) is 26.8. The summed E-state index contributed by atoms with van der Waals surface area (Å²) in [6, 6.07) is 77.6. The fourth-order valence-electron chi connectivity index (χ4n) is 12.9. The molecule has 0 spiro atoms. The molecule has 0 fully saturated rings. The lowest BCUT2D eigenvalue weighted by Gasteiger charge is -2.28. The third-order valence-corrected chi connectivity index (χ3v) is 19.9. The lowest BCUT2D eigenvalue weighted by Crippen LogP contribution is -2.16. The first-order valence-corrected chi connectivity index (χ1v) is 38.4. The van der Waals surface area contributed by atoms with E-state index in [4.69, 9.17) is 4.74 Å². The number of rotatable bonds is 14. The van der Waals surface area contributed by atoms with Gasteiger partial charge in [-0.3, -0.25) is 0 Å². The number of hydrogen-bond acceptors (Lipinski definition) is 1. The average Bonchev–Trinajstić information content (AvgIpc) is 0.782. The molecular formula is C99H134O. The molecule has 1 nitrogen and oxygen atoms in total. The molecule has 10 aromatic carbocycles. The molecule has 0 saturated carbocycles. The van der Waals surface area contributed by atoms with E-state index in [1.807, 2.05) is 55.4 Å². The molecular weight excluding hydrogens is 1210 g/mol. The van der Waals surface area contributed by atoms with Gasteiger partial charge in [-0.15, -0.1) is 0 Å². The molecule has 1 heterocycles. The van der Waals surface area contributed by atoms with E-state index in [0.29, 0.717) is 29.6 Å². The molecule has 0 saturated heterocycles. The molecule has 4 unspecified atom stereocenters. The molecule has 1 aliphatic heterocycles. The number of aryl methyl sites for hydroxylation is 13. The second-order valence-corrected chi connectivity index (χ2v) is 27.1. The molecule has 100 heavy (non-hydrogen) atoms. The highest BCUT2D eigenvalue weighted by Gasteiger charge is 2.25. The Morgan fingerprint density at radius 1 is 0.320 bits per heavy atom. The molecule has 0 radical (unpaired) electrons. The third-order valence-electron chi connectivity index (χ3n) is 19.9. The van der Waals surface area contributed by atoms with Gasteiger partial charge < -0.3 is 4.74 Å². The van der Waals surface area contributed by atoms with Gasteiger partial charge in [0.15, 0.2) is 0 Å². The van der Waals surface area contributed by atoms with Crippen LogP contribution in [0.5, 0.6) is 5.75 Å². The Bertz CT molecular complexity index is 3740. The maximum Gasteiger partial charge on any atom is 0.124 e. The molecule has 536 valence electrons. The van der Waals surface area contributed by atoms with Crippen molar-refractivity contribution < 1.29 is 4.74 Å². The maximum atomic E-state index is 6.22. The summed E-state index contributed by atoms with van der Waals surface area (Å²) in [5.74, 6) is 3.63. The summed E-state index contributed by atoms with van der Waals surface area (Å²) in [6.45, 7) is 58.3.